The lowest BCUT2D eigenvalue weighted by Crippen LogP contribution is -2.08. The van der Waals surface area contributed by atoms with Gasteiger partial charge in [0.05, 0.1) is 17.8 Å². The predicted octanol–water partition coefficient (Wildman–Crippen LogP) is 2.77. The van der Waals surface area contributed by atoms with E-state index < -0.39 is 5.97 Å². The predicted molar refractivity (Wildman–Crippen MR) is 69.4 cm³/mol. The number of aromatic nitrogens is 2. The minimum atomic E-state index is -0.867. The van der Waals surface area contributed by atoms with Gasteiger partial charge in [-0.05, 0) is 38.1 Å². The summed E-state index contributed by atoms with van der Waals surface area (Å²) >= 11 is 5.85. The van der Waals surface area contributed by atoms with E-state index in [1.54, 1.807) is 12.1 Å². The van der Waals surface area contributed by atoms with Crippen LogP contribution >= 0.6 is 11.6 Å². The van der Waals surface area contributed by atoms with Gasteiger partial charge in [0.1, 0.15) is 5.82 Å². The number of carboxylic acids is 1. The number of imidazole rings is 1. The quantitative estimate of drug-likeness (QED) is 0.927. The second-order valence-corrected chi connectivity index (χ2v) is 4.51. The molecule has 0 saturated carbocycles. The highest BCUT2D eigenvalue weighted by molar-refractivity contribution is 6.30. The molecule has 0 fully saturated rings. The molecule has 0 aliphatic rings. The molecule has 0 spiro atoms. The van der Waals surface area contributed by atoms with Crippen LogP contribution in [0.15, 0.2) is 24.3 Å². The Morgan fingerprint density at radius 1 is 1.33 bits per heavy atom. The summed E-state index contributed by atoms with van der Waals surface area (Å²) in [6, 6.07) is 7.25. The van der Waals surface area contributed by atoms with E-state index in [0.717, 1.165) is 17.2 Å². The summed E-state index contributed by atoms with van der Waals surface area (Å²) in [4.78, 5) is 15.2. The van der Waals surface area contributed by atoms with Gasteiger partial charge >= 0.3 is 5.97 Å². The zero-order chi connectivity index (χ0) is 13.3. The van der Waals surface area contributed by atoms with Gasteiger partial charge in [0, 0.05) is 10.7 Å². The zero-order valence-corrected chi connectivity index (χ0v) is 10.9. The Bertz CT molecular complexity index is 588. The topological polar surface area (TPSA) is 55.1 Å². The van der Waals surface area contributed by atoms with Crippen molar-refractivity contribution in [3.05, 3.63) is 46.5 Å². The molecule has 0 aliphatic carbocycles. The van der Waals surface area contributed by atoms with Crippen molar-refractivity contribution < 1.29 is 9.90 Å². The van der Waals surface area contributed by atoms with Crippen LogP contribution in [-0.4, -0.2) is 20.6 Å². The van der Waals surface area contributed by atoms with Crippen LogP contribution in [0.4, 0.5) is 0 Å². The molecule has 5 heteroatoms. The number of benzene rings is 1. The third-order valence-corrected chi connectivity index (χ3v) is 3.00. The number of rotatable bonds is 3. The van der Waals surface area contributed by atoms with Crippen LogP contribution in [0.3, 0.4) is 0 Å². The van der Waals surface area contributed by atoms with E-state index in [4.69, 9.17) is 16.7 Å². The van der Waals surface area contributed by atoms with Crippen LogP contribution in [0, 0.1) is 13.8 Å². The maximum atomic E-state index is 10.9. The summed E-state index contributed by atoms with van der Waals surface area (Å²) in [5, 5.41) is 9.60. The molecule has 18 heavy (non-hydrogen) atoms. The minimum absolute atomic E-state index is 0.0463. The first kappa shape index (κ1) is 12.6. The van der Waals surface area contributed by atoms with Gasteiger partial charge in [0.25, 0.3) is 0 Å². The van der Waals surface area contributed by atoms with E-state index in [1.165, 1.54) is 0 Å². The van der Waals surface area contributed by atoms with Gasteiger partial charge in [-0.2, -0.15) is 0 Å². The van der Waals surface area contributed by atoms with Gasteiger partial charge in [-0.1, -0.05) is 11.6 Å². The van der Waals surface area contributed by atoms with E-state index in [-0.39, 0.29) is 6.42 Å². The van der Waals surface area contributed by atoms with Crippen molar-refractivity contribution in [1.82, 2.24) is 9.55 Å². The molecule has 0 radical (unpaired) electrons. The maximum absolute atomic E-state index is 10.9. The summed E-state index contributed by atoms with van der Waals surface area (Å²) in [7, 11) is 0. The molecule has 1 aromatic carbocycles. The largest absolute Gasteiger partial charge is 0.481 e. The zero-order valence-electron chi connectivity index (χ0n) is 10.1. The van der Waals surface area contributed by atoms with Crippen LogP contribution in [0.1, 0.15) is 17.2 Å². The third kappa shape index (κ3) is 2.38. The lowest BCUT2D eigenvalue weighted by Gasteiger charge is -2.09. The lowest BCUT2D eigenvalue weighted by molar-refractivity contribution is -0.136. The Balaban J connectivity index is 2.55. The highest BCUT2D eigenvalue weighted by atomic mass is 35.5. The average Bonchev–Trinajstić information content (AvgIpc) is 2.55. The summed E-state index contributed by atoms with van der Waals surface area (Å²) in [5.41, 5.74) is 2.31. The molecular weight excluding hydrogens is 252 g/mol. The van der Waals surface area contributed by atoms with Crippen molar-refractivity contribution in [2.45, 2.75) is 20.3 Å². The van der Waals surface area contributed by atoms with Crippen LogP contribution in [0.5, 0.6) is 0 Å². The van der Waals surface area contributed by atoms with Crippen LogP contribution in [-0.2, 0) is 11.2 Å². The maximum Gasteiger partial charge on any atom is 0.309 e. The molecule has 94 valence electrons. The number of nitrogens with zero attached hydrogens (tertiary/aromatic N) is 2. The van der Waals surface area contributed by atoms with Crippen molar-refractivity contribution in [1.29, 1.82) is 0 Å². The van der Waals surface area contributed by atoms with E-state index in [1.807, 2.05) is 30.5 Å². The fourth-order valence-electron chi connectivity index (χ4n) is 2.00. The Morgan fingerprint density at radius 3 is 2.50 bits per heavy atom. The van der Waals surface area contributed by atoms with Crippen LogP contribution in [0.25, 0.3) is 5.69 Å². The van der Waals surface area contributed by atoms with Crippen LogP contribution in [0.2, 0.25) is 5.02 Å². The third-order valence-electron chi connectivity index (χ3n) is 2.74. The summed E-state index contributed by atoms with van der Waals surface area (Å²) in [5.74, 6) is -0.0979. The fraction of sp³-hybridized carbons (Fsp3) is 0.231. The standard InChI is InChI=1S/C13H13ClN2O2/c1-8-12(7-13(17)18)16(9(2)15-8)11-5-3-10(14)4-6-11/h3-6H,7H2,1-2H3,(H,17,18). The van der Waals surface area contributed by atoms with E-state index >= 15 is 0 Å². The number of carboxylic acid groups (broad SMARTS) is 1. The molecule has 1 N–H and O–H groups in total. The average molecular weight is 265 g/mol. The van der Waals surface area contributed by atoms with E-state index in [9.17, 15) is 4.79 Å². The number of hydrogen-bond acceptors (Lipinski definition) is 2. The molecular formula is C13H13ClN2O2. The van der Waals surface area contributed by atoms with Crippen molar-refractivity contribution in [3.8, 4) is 5.69 Å². The van der Waals surface area contributed by atoms with Gasteiger partial charge in [-0.25, -0.2) is 4.98 Å². The molecule has 0 aliphatic heterocycles. The van der Waals surface area contributed by atoms with Crippen molar-refractivity contribution in [2.75, 3.05) is 0 Å². The second-order valence-electron chi connectivity index (χ2n) is 4.07. The minimum Gasteiger partial charge on any atom is -0.481 e. The summed E-state index contributed by atoms with van der Waals surface area (Å²) in [6.07, 6.45) is -0.0463. The Kier molecular flexibility index (Phi) is 3.39. The molecule has 4 nitrogen and oxygen atoms in total. The van der Waals surface area contributed by atoms with Gasteiger partial charge < -0.3 is 9.67 Å². The summed E-state index contributed by atoms with van der Waals surface area (Å²) < 4.78 is 1.85. The Morgan fingerprint density at radius 2 is 1.94 bits per heavy atom. The molecule has 0 saturated heterocycles. The monoisotopic (exact) mass is 264 g/mol. The van der Waals surface area contributed by atoms with Crippen molar-refractivity contribution in [3.63, 3.8) is 0 Å². The van der Waals surface area contributed by atoms with Crippen molar-refractivity contribution in [2.24, 2.45) is 0 Å². The molecule has 1 heterocycles. The van der Waals surface area contributed by atoms with Gasteiger partial charge in [0.2, 0.25) is 0 Å². The molecule has 2 aromatic rings. The molecule has 0 amide bonds. The van der Waals surface area contributed by atoms with Gasteiger partial charge in [-0.15, -0.1) is 0 Å². The number of hydrogen-bond donors (Lipinski definition) is 1. The SMILES string of the molecule is Cc1nc(C)n(-c2ccc(Cl)cc2)c1CC(=O)O. The van der Waals surface area contributed by atoms with E-state index in [0.29, 0.717) is 10.7 Å². The molecule has 2 rings (SSSR count). The van der Waals surface area contributed by atoms with Crippen LogP contribution < -0.4 is 0 Å². The number of halogens is 1. The summed E-state index contributed by atoms with van der Waals surface area (Å²) in [6.45, 7) is 3.67. The highest BCUT2D eigenvalue weighted by Crippen LogP contribution is 2.20. The van der Waals surface area contributed by atoms with E-state index in [2.05, 4.69) is 4.98 Å². The molecule has 0 unspecified atom stereocenters. The second kappa shape index (κ2) is 4.82. The Labute approximate surface area is 110 Å². The fourth-order valence-corrected chi connectivity index (χ4v) is 2.12. The first-order valence-corrected chi connectivity index (χ1v) is 5.89. The normalized spacial score (nSPS) is 10.6. The first-order valence-electron chi connectivity index (χ1n) is 5.51. The molecule has 0 atom stereocenters. The number of aryl methyl sites for hydroxylation is 2. The smallest absolute Gasteiger partial charge is 0.309 e. The number of carbonyl (C=O) groups is 1. The molecule has 0 bridgehead atoms. The number of aliphatic carboxylic acids is 1. The first-order chi connectivity index (χ1) is 8.49. The molecule has 1 aromatic heterocycles. The highest BCUT2D eigenvalue weighted by Gasteiger charge is 2.15. The van der Waals surface area contributed by atoms with Gasteiger partial charge in [0.15, 0.2) is 0 Å². The van der Waals surface area contributed by atoms with Crippen molar-refractivity contribution >= 4 is 17.6 Å². The lowest BCUT2D eigenvalue weighted by atomic mass is 10.2. The van der Waals surface area contributed by atoms with Gasteiger partial charge in [-0.3, -0.25) is 4.79 Å². The Hall–Kier alpha value is -1.81.